The molecule has 0 aliphatic rings. The van der Waals surface area contributed by atoms with Crippen LogP contribution in [-0.4, -0.2) is 9.78 Å². The molecule has 100 valence electrons. The van der Waals surface area contributed by atoms with E-state index in [2.05, 4.69) is 24.2 Å². The number of hydrogen-bond acceptors (Lipinski definition) is 2. The maximum Gasteiger partial charge on any atom is 0.0876 e. The molecule has 2 aromatic carbocycles. The Labute approximate surface area is 122 Å². The first-order valence-electron chi connectivity index (χ1n) is 6.31. The van der Waals surface area contributed by atoms with Crippen LogP contribution in [-0.2, 0) is 0 Å². The lowest BCUT2D eigenvalue weighted by Gasteiger charge is -2.06. The van der Waals surface area contributed by atoms with Crippen LogP contribution in [0.4, 0.5) is 5.69 Å². The Morgan fingerprint density at radius 2 is 1.95 bits per heavy atom. The van der Waals surface area contributed by atoms with Crippen LogP contribution in [0.3, 0.4) is 0 Å². The average Bonchev–Trinajstić information content (AvgIpc) is 2.88. The van der Waals surface area contributed by atoms with Crippen molar-refractivity contribution in [3.63, 3.8) is 0 Å². The van der Waals surface area contributed by atoms with Gasteiger partial charge in [-0.15, -0.1) is 0 Å². The third-order valence-corrected chi connectivity index (χ3v) is 3.51. The van der Waals surface area contributed by atoms with Gasteiger partial charge in [0.2, 0.25) is 0 Å². The quantitative estimate of drug-likeness (QED) is 0.720. The summed E-state index contributed by atoms with van der Waals surface area (Å²) in [4.78, 5) is 0. The molecule has 2 N–H and O–H groups in total. The van der Waals surface area contributed by atoms with Crippen molar-refractivity contribution >= 4 is 17.3 Å². The normalized spacial score (nSPS) is 10.7. The zero-order valence-electron chi connectivity index (χ0n) is 11.0. The second-order valence-electron chi connectivity index (χ2n) is 4.69. The number of nitrogen functional groups attached to an aromatic ring is 1. The number of nitrogens with zero attached hydrogens (tertiary/aromatic N) is 2. The monoisotopic (exact) mass is 283 g/mol. The van der Waals surface area contributed by atoms with Gasteiger partial charge in [-0.05, 0) is 36.2 Å². The number of anilines is 1. The Kier molecular flexibility index (Phi) is 3.20. The van der Waals surface area contributed by atoms with Crippen molar-refractivity contribution in [2.75, 3.05) is 5.73 Å². The molecule has 0 amide bonds. The van der Waals surface area contributed by atoms with Crippen LogP contribution in [0.25, 0.3) is 16.8 Å². The first-order chi connectivity index (χ1) is 9.65. The van der Waals surface area contributed by atoms with Crippen molar-refractivity contribution < 1.29 is 0 Å². The van der Waals surface area contributed by atoms with E-state index in [1.165, 1.54) is 11.1 Å². The minimum Gasteiger partial charge on any atom is -0.397 e. The van der Waals surface area contributed by atoms with Crippen molar-refractivity contribution in [3.05, 3.63) is 65.4 Å². The second-order valence-corrected chi connectivity index (χ2v) is 5.13. The highest BCUT2D eigenvalue weighted by Crippen LogP contribution is 2.26. The summed E-state index contributed by atoms with van der Waals surface area (Å²) in [6.45, 7) is 2.09. The number of hydrogen-bond donors (Lipinski definition) is 1. The number of aromatic nitrogens is 2. The largest absolute Gasteiger partial charge is 0.397 e. The van der Waals surface area contributed by atoms with Crippen molar-refractivity contribution in [3.8, 4) is 16.8 Å². The van der Waals surface area contributed by atoms with Gasteiger partial charge in [-0.1, -0.05) is 35.9 Å². The zero-order valence-corrected chi connectivity index (χ0v) is 11.8. The maximum absolute atomic E-state index is 5.99. The Balaban J connectivity index is 2.04. The fraction of sp³-hybridized carbons (Fsp3) is 0.0625. The molecule has 0 saturated heterocycles. The third-order valence-electron chi connectivity index (χ3n) is 3.28. The van der Waals surface area contributed by atoms with Crippen LogP contribution >= 0.6 is 11.6 Å². The number of rotatable bonds is 2. The summed E-state index contributed by atoms with van der Waals surface area (Å²) in [6, 6.07) is 13.6. The molecule has 0 radical (unpaired) electrons. The van der Waals surface area contributed by atoms with E-state index < -0.39 is 0 Å². The van der Waals surface area contributed by atoms with Gasteiger partial charge in [0.25, 0.3) is 0 Å². The van der Waals surface area contributed by atoms with Gasteiger partial charge < -0.3 is 5.73 Å². The lowest BCUT2D eigenvalue weighted by atomic mass is 10.0. The van der Waals surface area contributed by atoms with E-state index in [4.69, 9.17) is 17.3 Å². The van der Waals surface area contributed by atoms with E-state index in [1.54, 1.807) is 10.7 Å². The van der Waals surface area contributed by atoms with E-state index in [9.17, 15) is 0 Å². The summed E-state index contributed by atoms with van der Waals surface area (Å²) in [6.07, 6.45) is 3.82. The molecule has 0 atom stereocenters. The highest BCUT2D eigenvalue weighted by molar-refractivity contribution is 6.30. The Morgan fingerprint density at radius 1 is 1.15 bits per heavy atom. The minimum atomic E-state index is 0.608. The molecule has 20 heavy (non-hydrogen) atoms. The molecule has 0 aliphatic carbocycles. The van der Waals surface area contributed by atoms with E-state index >= 15 is 0 Å². The molecule has 0 bridgehead atoms. The summed E-state index contributed by atoms with van der Waals surface area (Å²) >= 11 is 5.92. The van der Waals surface area contributed by atoms with Gasteiger partial charge in [0, 0.05) is 16.8 Å². The van der Waals surface area contributed by atoms with Crippen molar-refractivity contribution in [2.45, 2.75) is 6.92 Å². The van der Waals surface area contributed by atoms with E-state index in [0.29, 0.717) is 10.7 Å². The Morgan fingerprint density at radius 3 is 2.70 bits per heavy atom. The van der Waals surface area contributed by atoms with Gasteiger partial charge in [-0.2, -0.15) is 5.10 Å². The smallest absolute Gasteiger partial charge is 0.0876 e. The first-order valence-corrected chi connectivity index (χ1v) is 6.69. The number of aryl methyl sites for hydroxylation is 1. The molecule has 4 heteroatoms. The van der Waals surface area contributed by atoms with Crippen LogP contribution in [0.2, 0.25) is 5.02 Å². The standard InChI is InChI=1S/C16H14ClN3/c1-11-4-2-3-5-14(11)12-9-19-20(10-12)16-7-6-13(17)8-15(16)18/h2-10H,18H2,1H3. The van der Waals surface area contributed by atoms with E-state index in [0.717, 1.165) is 11.3 Å². The van der Waals surface area contributed by atoms with Crippen LogP contribution in [0.15, 0.2) is 54.9 Å². The molecular formula is C16H14ClN3. The predicted molar refractivity (Wildman–Crippen MR) is 83.2 cm³/mol. The number of nitrogens with two attached hydrogens (primary N) is 1. The van der Waals surface area contributed by atoms with Gasteiger partial charge >= 0.3 is 0 Å². The molecule has 0 saturated carbocycles. The van der Waals surface area contributed by atoms with Gasteiger partial charge in [0.05, 0.1) is 17.6 Å². The summed E-state index contributed by atoms with van der Waals surface area (Å²) in [5.41, 5.74) is 10.9. The van der Waals surface area contributed by atoms with Crippen molar-refractivity contribution in [1.82, 2.24) is 9.78 Å². The number of halogens is 1. The van der Waals surface area contributed by atoms with Gasteiger partial charge in [-0.25, -0.2) is 4.68 Å². The summed E-state index contributed by atoms with van der Waals surface area (Å²) in [5.74, 6) is 0. The zero-order chi connectivity index (χ0) is 14.1. The first kappa shape index (κ1) is 12.8. The van der Waals surface area contributed by atoms with E-state index in [1.807, 2.05) is 36.7 Å². The fourth-order valence-corrected chi connectivity index (χ4v) is 2.40. The molecule has 0 spiro atoms. The molecule has 3 aromatic rings. The summed E-state index contributed by atoms with van der Waals surface area (Å²) < 4.78 is 1.77. The molecule has 3 rings (SSSR count). The summed E-state index contributed by atoms with van der Waals surface area (Å²) in [5, 5.41) is 5.01. The third kappa shape index (κ3) is 2.28. The van der Waals surface area contributed by atoms with Gasteiger partial charge in [-0.3, -0.25) is 0 Å². The molecule has 0 fully saturated rings. The molecule has 0 unspecified atom stereocenters. The predicted octanol–water partition coefficient (Wildman–Crippen LogP) is 4.08. The topological polar surface area (TPSA) is 43.8 Å². The van der Waals surface area contributed by atoms with Crippen LogP contribution in [0, 0.1) is 6.92 Å². The highest BCUT2D eigenvalue weighted by Gasteiger charge is 2.07. The molecule has 0 aliphatic heterocycles. The fourth-order valence-electron chi connectivity index (χ4n) is 2.22. The van der Waals surface area contributed by atoms with Crippen LogP contribution in [0.5, 0.6) is 0 Å². The summed E-state index contributed by atoms with van der Waals surface area (Å²) in [7, 11) is 0. The van der Waals surface area contributed by atoms with Crippen LogP contribution < -0.4 is 5.73 Å². The second kappa shape index (κ2) is 5.02. The molecule has 1 heterocycles. The van der Waals surface area contributed by atoms with Crippen molar-refractivity contribution in [1.29, 1.82) is 0 Å². The Bertz CT molecular complexity index is 762. The molecular weight excluding hydrogens is 270 g/mol. The molecule has 3 nitrogen and oxygen atoms in total. The van der Waals surface area contributed by atoms with Crippen LogP contribution in [0.1, 0.15) is 5.56 Å². The van der Waals surface area contributed by atoms with Crippen molar-refractivity contribution in [2.24, 2.45) is 0 Å². The Hall–Kier alpha value is -2.26. The highest BCUT2D eigenvalue weighted by atomic mass is 35.5. The van der Waals surface area contributed by atoms with Gasteiger partial charge in [0.15, 0.2) is 0 Å². The number of benzene rings is 2. The SMILES string of the molecule is Cc1ccccc1-c1cnn(-c2ccc(Cl)cc2N)c1. The minimum absolute atomic E-state index is 0.608. The lowest BCUT2D eigenvalue weighted by Crippen LogP contribution is -1.99. The average molecular weight is 284 g/mol. The van der Waals surface area contributed by atoms with Gasteiger partial charge in [0.1, 0.15) is 0 Å². The lowest BCUT2D eigenvalue weighted by molar-refractivity contribution is 0.883. The van der Waals surface area contributed by atoms with E-state index in [-0.39, 0.29) is 0 Å². The molecule has 1 aromatic heterocycles. The maximum atomic E-state index is 5.99.